The van der Waals surface area contributed by atoms with Crippen LogP contribution in [0.4, 0.5) is 9.18 Å². The first-order valence-electron chi connectivity index (χ1n) is 7.10. The number of nitrogens with zero attached hydrogens (tertiary/aromatic N) is 1. The quantitative estimate of drug-likeness (QED) is 0.878. The van der Waals surface area contributed by atoms with Gasteiger partial charge >= 0.3 is 12.0 Å². The van der Waals surface area contributed by atoms with E-state index in [2.05, 4.69) is 5.32 Å². The Morgan fingerprint density at radius 3 is 2.27 bits per heavy atom. The number of urea groups is 1. The van der Waals surface area contributed by atoms with Crippen molar-refractivity contribution in [2.75, 3.05) is 13.6 Å². The molecule has 0 aliphatic heterocycles. The van der Waals surface area contributed by atoms with Gasteiger partial charge in [0, 0.05) is 13.6 Å². The minimum Gasteiger partial charge on any atom is -0.481 e. The van der Waals surface area contributed by atoms with Crippen LogP contribution >= 0.6 is 0 Å². The molecule has 1 rings (SSSR count). The van der Waals surface area contributed by atoms with Crippen molar-refractivity contribution in [3.05, 3.63) is 35.6 Å². The van der Waals surface area contributed by atoms with E-state index in [0.717, 1.165) is 5.56 Å². The molecule has 1 aromatic carbocycles. The molecule has 5 nitrogen and oxygen atoms in total. The molecule has 22 heavy (non-hydrogen) atoms. The number of halogens is 1. The van der Waals surface area contributed by atoms with E-state index in [9.17, 15) is 14.0 Å². The van der Waals surface area contributed by atoms with Gasteiger partial charge in [-0.2, -0.15) is 0 Å². The fraction of sp³-hybridized carbons (Fsp3) is 0.500. The van der Waals surface area contributed by atoms with E-state index < -0.39 is 5.97 Å². The normalized spacial score (nSPS) is 12.6. The molecule has 0 spiro atoms. The van der Waals surface area contributed by atoms with E-state index in [0.29, 0.717) is 0 Å². The highest BCUT2D eigenvalue weighted by molar-refractivity contribution is 5.75. The first kappa shape index (κ1) is 17.9. The van der Waals surface area contributed by atoms with Crippen molar-refractivity contribution in [1.82, 2.24) is 10.2 Å². The van der Waals surface area contributed by atoms with Crippen molar-refractivity contribution in [1.29, 1.82) is 0 Å². The van der Waals surface area contributed by atoms with Crippen molar-refractivity contribution in [3.63, 3.8) is 0 Å². The molecule has 0 radical (unpaired) electrons. The van der Waals surface area contributed by atoms with Crippen LogP contribution < -0.4 is 5.32 Å². The Labute approximate surface area is 130 Å². The zero-order chi connectivity index (χ0) is 16.9. The predicted molar refractivity (Wildman–Crippen MR) is 82.0 cm³/mol. The maximum Gasteiger partial charge on any atom is 0.317 e. The third-order valence-electron chi connectivity index (χ3n) is 3.34. The second-order valence-electron chi connectivity index (χ2n) is 6.37. The van der Waals surface area contributed by atoms with Crippen molar-refractivity contribution in [2.45, 2.75) is 33.2 Å². The lowest BCUT2D eigenvalue weighted by molar-refractivity contribution is -0.137. The fourth-order valence-corrected chi connectivity index (χ4v) is 2.05. The molecule has 2 amide bonds. The minimum atomic E-state index is -0.953. The summed E-state index contributed by atoms with van der Waals surface area (Å²) in [6.45, 7) is 6.04. The summed E-state index contributed by atoms with van der Waals surface area (Å²) in [5, 5.41) is 11.6. The standard InChI is InChI=1S/C16H23FN2O3/c1-16(2,3)14(11-5-7-12(17)8-6-11)18-15(22)19(4)10-9-13(20)21/h5-8,14H,9-10H2,1-4H3,(H,18,22)(H,20,21). The third kappa shape index (κ3) is 5.35. The number of hydrogen-bond acceptors (Lipinski definition) is 2. The van der Waals surface area contributed by atoms with Gasteiger partial charge < -0.3 is 15.3 Å². The van der Waals surface area contributed by atoms with Crippen LogP contribution in [0.2, 0.25) is 0 Å². The Bertz CT molecular complexity index is 523. The van der Waals surface area contributed by atoms with E-state index in [1.807, 2.05) is 20.8 Å². The molecule has 6 heteroatoms. The highest BCUT2D eigenvalue weighted by Crippen LogP contribution is 2.32. The van der Waals surface area contributed by atoms with E-state index in [1.165, 1.54) is 17.0 Å². The van der Waals surface area contributed by atoms with E-state index in [4.69, 9.17) is 5.11 Å². The second-order valence-corrected chi connectivity index (χ2v) is 6.37. The zero-order valence-electron chi connectivity index (χ0n) is 13.4. The molecule has 1 aromatic rings. The summed E-state index contributed by atoms with van der Waals surface area (Å²) >= 11 is 0. The Kier molecular flexibility index (Phi) is 5.91. The van der Waals surface area contributed by atoms with Crippen LogP contribution in [-0.4, -0.2) is 35.6 Å². The Morgan fingerprint density at radius 1 is 1.27 bits per heavy atom. The van der Waals surface area contributed by atoms with Gasteiger partial charge in [-0.25, -0.2) is 9.18 Å². The second kappa shape index (κ2) is 7.24. The molecule has 0 saturated carbocycles. The number of carboxylic acid groups (broad SMARTS) is 1. The summed E-state index contributed by atoms with van der Waals surface area (Å²) in [4.78, 5) is 24.1. The minimum absolute atomic E-state index is 0.110. The summed E-state index contributed by atoms with van der Waals surface area (Å²) in [5.74, 6) is -1.29. The summed E-state index contributed by atoms with van der Waals surface area (Å²) in [6, 6.07) is 5.33. The molecule has 0 aliphatic rings. The van der Waals surface area contributed by atoms with E-state index >= 15 is 0 Å². The number of rotatable bonds is 5. The molecule has 0 aliphatic carbocycles. The number of carboxylic acids is 1. The first-order valence-corrected chi connectivity index (χ1v) is 7.10. The number of benzene rings is 1. The third-order valence-corrected chi connectivity index (χ3v) is 3.34. The lowest BCUT2D eigenvalue weighted by Gasteiger charge is -2.33. The van der Waals surface area contributed by atoms with Crippen molar-refractivity contribution < 1.29 is 19.1 Å². The van der Waals surface area contributed by atoms with Crippen LogP contribution in [0, 0.1) is 11.2 Å². The van der Waals surface area contributed by atoms with Gasteiger partial charge in [0.15, 0.2) is 0 Å². The summed E-state index contributed by atoms with van der Waals surface area (Å²) < 4.78 is 13.1. The highest BCUT2D eigenvalue weighted by atomic mass is 19.1. The number of aliphatic carboxylic acids is 1. The lowest BCUT2D eigenvalue weighted by atomic mass is 9.82. The van der Waals surface area contributed by atoms with Crippen LogP contribution in [0.3, 0.4) is 0 Å². The van der Waals surface area contributed by atoms with Gasteiger partial charge in [0.1, 0.15) is 5.82 Å². The lowest BCUT2D eigenvalue weighted by Crippen LogP contribution is -2.44. The maximum absolute atomic E-state index is 13.1. The molecular formula is C16H23FN2O3. The number of amides is 2. The molecule has 0 heterocycles. The van der Waals surface area contributed by atoms with Crippen LogP contribution in [-0.2, 0) is 4.79 Å². The van der Waals surface area contributed by atoms with Gasteiger partial charge in [-0.1, -0.05) is 32.9 Å². The predicted octanol–water partition coefficient (Wildman–Crippen LogP) is 3.03. The van der Waals surface area contributed by atoms with Gasteiger partial charge in [0.2, 0.25) is 0 Å². The number of carbonyl (C=O) groups excluding carboxylic acids is 1. The average molecular weight is 310 g/mol. The smallest absolute Gasteiger partial charge is 0.317 e. The number of hydrogen-bond donors (Lipinski definition) is 2. The van der Waals surface area contributed by atoms with Crippen LogP contribution in [0.1, 0.15) is 38.8 Å². The molecule has 0 aromatic heterocycles. The summed E-state index contributed by atoms with van der Waals surface area (Å²) in [6.07, 6.45) is -0.110. The van der Waals surface area contributed by atoms with Gasteiger partial charge in [-0.3, -0.25) is 4.79 Å². The van der Waals surface area contributed by atoms with E-state index in [1.54, 1.807) is 19.2 Å². The van der Waals surface area contributed by atoms with Crippen molar-refractivity contribution >= 4 is 12.0 Å². The summed E-state index contributed by atoms with van der Waals surface area (Å²) in [7, 11) is 1.54. The highest BCUT2D eigenvalue weighted by Gasteiger charge is 2.28. The summed E-state index contributed by atoms with van der Waals surface area (Å²) in [5.41, 5.74) is 0.523. The van der Waals surface area contributed by atoms with Gasteiger partial charge in [-0.05, 0) is 23.1 Å². The first-order chi connectivity index (χ1) is 10.1. The van der Waals surface area contributed by atoms with Crippen molar-refractivity contribution in [2.24, 2.45) is 5.41 Å². The maximum atomic E-state index is 13.1. The molecule has 1 unspecified atom stereocenters. The Morgan fingerprint density at radius 2 is 1.82 bits per heavy atom. The van der Waals surface area contributed by atoms with Gasteiger partial charge in [0.05, 0.1) is 12.5 Å². The largest absolute Gasteiger partial charge is 0.481 e. The number of carbonyl (C=O) groups is 2. The van der Waals surface area contributed by atoms with Crippen molar-refractivity contribution in [3.8, 4) is 0 Å². The monoisotopic (exact) mass is 310 g/mol. The molecule has 0 saturated heterocycles. The average Bonchev–Trinajstić information content (AvgIpc) is 2.41. The molecule has 0 bridgehead atoms. The molecule has 1 atom stereocenters. The van der Waals surface area contributed by atoms with Gasteiger partial charge in [0.25, 0.3) is 0 Å². The Hall–Kier alpha value is -2.11. The SMILES string of the molecule is CN(CCC(=O)O)C(=O)NC(c1ccc(F)cc1)C(C)(C)C. The van der Waals surface area contributed by atoms with Crippen LogP contribution in [0.25, 0.3) is 0 Å². The molecule has 122 valence electrons. The van der Waals surface area contributed by atoms with E-state index in [-0.39, 0.29) is 36.3 Å². The Balaban J connectivity index is 2.84. The van der Waals surface area contributed by atoms with Gasteiger partial charge in [-0.15, -0.1) is 0 Å². The molecule has 0 fully saturated rings. The molecular weight excluding hydrogens is 287 g/mol. The zero-order valence-corrected chi connectivity index (χ0v) is 13.4. The number of nitrogens with one attached hydrogen (secondary N) is 1. The van der Waals surface area contributed by atoms with Crippen LogP contribution in [0.5, 0.6) is 0 Å². The molecule has 2 N–H and O–H groups in total. The topological polar surface area (TPSA) is 69.6 Å². The fourth-order valence-electron chi connectivity index (χ4n) is 2.05. The van der Waals surface area contributed by atoms with Crippen LogP contribution in [0.15, 0.2) is 24.3 Å².